The van der Waals surface area contributed by atoms with Crippen molar-refractivity contribution >= 4 is 28.3 Å². The van der Waals surface area contributed by atoms with Gasteiger partial charge >= 0.3 is 0 Å². The Morgan fingerprint density at radius 2 is 1.88 bits per heavy atom. The van der Waals surface area contributed by atoms with Gasteiger partial charge < -0.3 is 4.90 Å². The molecule has 0 saturated carbocycles. The number of rotatable bonds is 3. The summed E-state index contributed by atoms with van der Waals surface area (Å²) in [6, 6.07) is 16.7. The van der Waals surface area contributed by atoms with E-state index < -0.39 is 5.82 Å². The van der Waals surface area contributed by atoms with Crippen molar-refractivity contribution < 1.29 is 4.39 Å². The minimum absolute atomic E-state index is 0.241. The number of halogens is 2. The molecule has 33 heavy (non-hydrogen) atoms. The molecule has 7 heteroatoms. The summed E-state index contributed by atoms with van der Waals surface area (Å²) in [5, 5.41) is 0.602. The van der Waals surface area contributed by atoms with Gasteiger partial charge in [-0.3, -0.25) is 9.36 Å². The van der Waals surface area contributed by atoms with Crippen molar-refractivity contribution in [2.45, 2.75) is 25.7 Å². The van der Waals surface area contributed by atoms with E-state index in [9.17, 15) is 9.18 Å². The zero-order chi connectivity index (χ0) is 23.1. The molecule has 0 radical (unpaired) electrons. The number of hydrogen-bond acceptors (Lipinski definition) is 4. The molecule has 0 unspecified atom stereocenters. The maximum absolute atomic E-state index is 15.0. The highest BCUT2D eigenvalue weighted by atomic mass is 35.5. The van der Waals surface area contributed by atoms with Crippen LogP contribution in [0.15, 0.2) is 59.4 Å². The molecule has 5 rings (SSSR count). The molecular weight excluding hydrogens is 439 g/mol. The van der Waals surface area contributed by atoms with Crippen LogP contribution in [0.1, 0.15) is 30.1 Å². The van der Waals surface area contributed by atoms with E-state index in [1.807, 2.05) is 12.1 Å². The monoisotopic (exact) mass is 462 g/mol. The Balaban J connectivity index is 1.67. The summed E-state index contributed by atoms with van der Waals surface area (Å²) < 4.78 is 16.4. The van der Waals surface area contributed by atoms with Gasteiger partial charge in [-0.25, -0.2) is 14.4 Å². The molecule has 3 heterocycles. The van der Waals surface area contributed by atoms with E-state index in [1.54, 1.807) is 26.1 Å². The van der Waals surface area contributed by atoms with Gasteiger partial charge in [-0.05, 0) is 43.5 Å². The lowest BCUT2D eigenvalue weighted by molar-refractivity contribution is 0.507. The summed E-state index contributed by atoms with van der Waals surface area (Å²) in [5.74, 6) is 1.16. The number of aromatic nitrogens is 3. The predicted octanol–water partition coefficient (Wildman–Crippen LogP) is 5.48. The molecule has 0 spiro atoms. The zero-order valence-electron chi connectivity index (χ0n) is 18.6. The predicted molar refractivity (Wildman–Crippen MR) is 131 cm³/mol. The number of piperidine rings is 1. The van der Waals surface area contributed by atoms with Crippen LogP contribution in [0.3, 0.4) is 0 Å². The molecule has 2 aromatic heterocycles. The second kappa shape index (κ2) is 8.60. The summed E-state index contributed by atoms with van der Waals surface area (Å²) >= 11 is 5.98. The first-order valence-electron chi connectivity index (χ1n) is 11.1. The molecular formula is C26H24ClFN4O. The van der Waals surface area contributed by atoms with Crippen molar-refractivity contribution in [3.8, 4) is 11.3 Å². The first kappa shape index (κ1) is 21.6. The van der Waals surface area contributed by atoms with E-state index in [0.717, 1.165) is 25.9 Å². The van der Waals surface area contributed by atoms with Crippen molar-refractivity contribution in [3.63, 3.8) is 0 Å². The molecule has 5 nitrogen and oxygen atoms in total. The molecule has 168 valence electrons. The second-order valence-corrected chi connectivity index (χ2v) is 9.00. The molecule has 4 aromatic rings. The fraction of sp³-hybridized carbons (Fsp3) is 0.269. The quantitative estimate of drug-likeness (QED) is 0.404. The van der Waals surface area contributed by atoms with Crippen LogP contribution < -0.4 is 10.5 Å². The summed E-state index contributed by atoms with van der Waals surface area (Å²) in [5.41, 5.74) is 2.11. The fourth-order valence-electron chi connectivity index (χ4n) is 4.60. The number of hydrogen-bond donors (Lipinski definition) is 0. The third kappa shape index (κ3) is 4.00. The summed E-state index contributed by atoms with van der Waals surface area (Å²) in [6.07, 6.45) is 2.12. The third-order valence-corrected chi connectivity index (χ3v) is 6.71. The average molecular weight is 463 g/mol. The molecule has 0 N–H and O–H groups in total. The van der Waals surface area contributed by atoms with Crippen LogP contribution in [0.4, 0.5) is 10.2 Å². The second-order valence-electron chi connectivity index (χ2n) is 8.57. The normalized spacial score (nSPS) is 16.4. The van der Waals surface area contributed by atoms with Gasteiger partial charge in [0.05, 0.1) is 16.6 Å². The smallest absolute Gasteiger partial charge is 0.263 e. The lowest BCUT2D eigenvalue weighted by Crippen LogP contribution is -2.35. The number of pyridine rings is 1. The Labute approximate surface area is 196 Å². The number of fused-ring (bicyclic) bond motifs is 1. The highest BCUT2D eigenvalue weighted by molar-refractivity contribution is 6.30. The van der Waals surface area contributed by atoms with Gasteiger partial charge in [0.15, 0.2) is 0 Å². The Morgan fingerprint density at radius 1 is 1.09 bits per heavy atom. The number of benzene rings is 2. The van der Waals surface area contributed by atoms with Crippen LogP contribution in [-0.4, -0.2) is 27.6 Å². The molecule has 1 aliphatic heterocycles. The molecule has 1 saturated heterocycles. The van der Waals surface area contributed by atoms with Gasteiger partial charge in [0.25, 0.3) is 5.56 Å². The Kier molecular flexibility index (Phi) is 5.62. The molecule has 0 bridgehead atoms. The summed E-state index contributed by atoms with van der Waals surface area (Å²) in [6.45, 7) is 3.43. The SMILES string of the molecule is Cc1nc2cc(N3CCC[C@H](c4ccccc4)C3)nc(-c3ccc(Cl)cc3F)c2c(=O)n1C. The zero-order valence-corrected chi connectivity index (χ0v) is 19.3. The van der Waals surface area contributed by atoms with E-state index in [0.29, 0.717) is 39.2 Å². The van der Waals surface area contributed by atoms with Gasteiger partial charge in [-0.15, -0.1) is 0 Å². The van der Waals surface area contributed by atoms with Gasteiger partial charge in [0.2, 0.25) is 0 Å². The van der Waals surface area contributed by atoms with E-state index in [2.05, 4.69) is 34.1 Å². The van der Waals surface area contributed by atoms with E-state index in [4.69, 9.17) is 16.6 Å². The topological polar surface area (TPSA) is 51.0 Å². The standard InChI is InChI=1S/C26H24ClFN4O/c1-16-29-22-14-23(32-12-6-9-18(15-32)17-7-4-3-5-8-17)30-25(24(22)26(33)31(16)2)20-11-10-19(27)13-21(20)28/h3-5,7-8,10-11,13-14,18H,6,9,12,15H2,1-2H3/t18-/m0/s1. The van der Waals surface area contributed by atoms with Crippen molar-refractivity contribution in [1.29, 1.82) is 0 Å². The molecule has 1 fully saturated rings. The lowest BCUT2D eigenvalue weighted by atomic mass is 9.90. The number of nitrogens with zero attached hydrogens (tertiary/aromatic N) is 4. The van der Waals surface area contributed by atoms with E-state index in [1.165, 1.54) is 16.2 Å². The molecule has 1 aliphatic rings. The van der Waals surface area contributed by atoms with Crippen LogP contribution in [0.2, 0.25) is 5.02 Å². The largest absolute Gasteiger partial charge is 0.356 e. The first-order chi connectivity index (χ1) is 15.9. The summed E-state index contributed by atoms with van der Waals surface area (Å²) in [7, 11) is 1.66. The molecule has 0 aliphatic carbocycles. The minimum Gasteiger partial charge on any atom is -0.356 e. The Morgan fingerprint density at radius 3 is 2.64 bits per heavy atom. The van der Waals surface area contributed by atoms with Crippen molar-refractivity contribution in [1.82, 2.24) is 14.5 Å². The minimum atomic E-state index is -0.517. The summed E-state index contributed by atoms with van der Waals surface area (Å²) in [4.78, 5) is 24.9. The number of anilines is 1. The average Bonchev–Trinajstić information content (AvgIpc) is 2.82. The first-order valence-corrected chi connectivity index (χ1v) is 11.4. The molecule has 1 atom stereocenters. The van der Waals surface area contributed by atoms with Gasteiger partial charge in [0, 0.05) is 42.7 Å². The van der Waals surface area contributed by atoms with Crippen molar-refractivity contribution in [2.75, 3.05) is 18.0 Å². The highest BCUT2D eigenvalue weighted by Gasteiger charge is 2.25. The van der Waals surface area contributed by atoms with Gasteiger partial charge in [-0.2, -0.15) is 0 Å². The van der Waals surface area contributed by atoms with Gasteiger partial charge in [-0.1, -0.05) is 41.9 Å². The van der Waals surface area contributed by atoms with E-state index >= 15 is 0 Å². The third-order valence-electron chi connectivity index (χ3n) is 6.47. The van der Waals surface area contributed by atoms with Crippen LogP contribution in [0.25, 0.3) is 22.2 Å². The number of aryl methyl sites for hydroxylation is 1. The Bertz CT molecular complexity index is 1400. The molecule has 0 amide bonds. The molecule has 2 aromatic carbocycles. The van der Waals surface area contributed by atoms with Crippen LogP contribution in [0, 0.1) is 12.7 Å². The van der Waals surface area contributed by atoms with Gasteiger partial charge in [0.1, 0.15) is 17.5 Å². The highest BCUT2D eigenvalue weighted by Crippen LogP contribution is 2.34. The van der Waals surface area contributed by atoms with Crippen LogP contribution in [0.5, 0.6) is 0 Å². The maximum atomic E-state index is 15.0. The van der Waals surface area contributed by atoms with Crippen LogP contribution in [-0.2, 0) is 7.05 Å². The fourth-order valence-corrected chi connectivity index (χ4v) is 4.76. The lowest BCUT2D eigenvalue weighted by Gasteiger charge is -2.34. The van der Waals surface area contributed by atoms with Crippen LogP contribution >= 0.6 is 11.6 Å². The maximum Gasteiger partial charge on any atom is 0.263 e. The van der Waals surface area contributed by atoms with E-state index in [-0.39, 0.29) is 11.1 Å². The Hall–Kier alpha value is -3.25. The van der Waals surface area contributed by atoms with Crippen molar-refractivity contribution in [3.05, 3.63) is 87.2 Å². The van der Waals surface area contributed by atoms with Crippen molar-refractivity contribution in [2.24, 2.45) is 7.05 Å².